The number of benzene rings is 2. The zero-order valence-corrected chi connectivity index (χ0v) is 22.2. The van der Waals surface area contributed by atoms with Gasteiger partial charge in [0.15, 0.2) is 16.4 Å². The molecule has 0 aliphatic carbocycles. The Hall–Kier alpha value is -4.40. The van der Waals surface area contributed by atoms with Crippen molar-refractivity contribution in [1.29, 1.82) is 5.26 Å². The number of aromatic nitrogens is 2. The molecule has 2 aromatic carbocycles. The molecule has 0 saturated carbocycles. The summed E-state index contributed by atoms with van der Waals surface area (Å²) in [4.78, 5) is 12.4. The van der Waals surface area contributed by atoms with E-state index in [1.54, 1.807) is 0 Å². The molecule has 0 radical (unpaired) electrons. The SMILES string of the molecule is N#Cc1nn(-c2c(Cl)cc(C(F)(F)F)cc2Cl)c(N=Cc2ccc(-c3cccc([N+](=O)[O-])c3)o2)c1S(=O)(=O)C(F)(F)F. The second-order valence-corrected chi connectivity index (χ2v) is 10.7. The number of sulfone groups is 1. The van der Waals surface area contributed by atoms with Crippen molar-refractivity contribution in [2.45, 2.75) is 16.6 Å². The van der Waals surface area contributed by atoms with Gasteiger partial charge in [0.2, 0.25) is 0 Å². The lowest BCUT2D eigenvalue weighted by Gasteiger charge is -2.13. The highest BCUT2D eigenvalue weighted by Crippen LogP contribution is 2.43. The molecule has 0 bridgehead atoms. The first-order valence-corrected chi connectivity index (χ1v) is 13.0. The summed E-state index contributed by atoms with van der Waals surface area (Å²) in [7, 11) is -6.33. The van der Waals surface area contributed by atoms with Crippen molar-refractivity contribution in [2.24, 2.45) is 4.99 Å². The predicted molar refractivity (Wildman–Crippen MR) is 135 cm³/mol. The maximum atomic E-state index is 13.6. The van der Waals surface area contributed by atoms with E-state index in [1.165, 1.54) is 36.4 Å². The van der Waals surface area contributed by atoms with Crippen LogP contribution in [0.3, 0.4) is 0 Å². The number of hydrogen-bond donors (Lipinski definition) is 0. The fourth-order valence-corrected chi connectivity index (χ4v) is 5.11. The van der Waals surface area contributed by atoms with Crippen LogP contribution in [0.4, 0.5) is 37.8 Å². The minimum atomic E-state index is -6.33. The van der Waals surface area contributed by atoms with Gasteiger partial charge in [0.05, 0.1) is 26.7 Å². The molecule has 10 nitrogen and oxygen atoms in total. The first kappa shape index (κ1) is 30.6. The van der Waals surface area contributed by atoms with Gasteiger partial charge < -0.3 is 4.42 Å². The lowest BCUT2D eigenvalue weighted by Crippen LogP contribution is -2.23. The molecule has 2 heterocycles. The summed E-state index contributed by atoms with van der Waals surface area (Å²) in [5.41, 5.74) is -9.38. The third kappa shape index (κ3) is 5.68. The maximum absolute atomic E-state index is 13.6. The average molecular weight is 652 g/mol. The Balaban J connectivity index is 1.93. The predicted octanol–water partition coefficient (Wildman–Crippen LogP) is 7.28. The van der Waals surface area contributed by atoms with Crippen LogP contribution in [0.1, 0.15) is 17.0 Å². The fourth-order valence-electron chi connectivity index (χ4n) is 3.51. The number of nitriles is 1. The molecule has 0 amide bonds. The molecule has 4 aromatic rings. The third-order valence-electron chi connectivity index (χ3n) is 5.34. The number of furan rings is 1. The minimum absolute atomic E-state index is 0.0448. The van der Waals surface area contributed by atoms with Crippen LogP contribution in [0.25, 0.3) is 17.0 Å². The molecular formula is C23H9Cl2F6N5O5S. The van der Waals surface area contributed by atoms with Crippen molar-refractivity contribution in [3.63, 3.8) is 0 Å². The Morgan fingerprint density at radius 2 is 1.71 bits per heavy atom. The Labute approximate surface area is 240 Å². The van der Waals surface area contributed by atoms with E-state index in [9.17, 15) is 50.1 Å². The number of rotatable bonds is 6. The van der Waals surface area contributed by atoms with Crippen LogP contribution in [0, 0.1) is 21.4 Å². The Morgan fingerprint density at radius 3 is 2.26 bits per heavy atom. The molecule has 0 aliphatic heterocycles. The number of nitrogens with zero attached hydrogens (tertiary/aromatic N) is 5. The van der Waals surface area contributed by atoms with E-state index in [0.717, 1.165) is 12.3 Å². The lowest BCUT2D eigenvalue weighted by atomic mass is 10.1. The second-order valence-electron chi connectivity index (χ2n) is 8.03. The second kappa shape index (κ2) is 10.8. The number of hydrogen-bond acceptors (Lipinski definition) is 8. The normalized spacial score (nSPS) is 12.5. The molecule has 0 aliphatic rings. The van der Waals surface area contributed by atoms with Gasteiger partial charge in [-0.2, -0.15) is 36.7 Å². The van der Waals surface area contributed by atoms with Crippen LogP contribution in [-0.2, 0) is 16.0 Å². The van der Waals surface area contributed by atoms with Gasteiger partial charge in [0.1, 0.15) is 23.3 Å². The summed E-state index contributed by atoms with van der Waals surface area (Å²) in [6.07, 6.45) is -4.22. The topological polar surface area (TPSA) is 144 Å². The van der Waals surface area contributed by atoms with Gasteiger partial charge in [-0.05, 0) is 24.3 Å². The first-order valence-electron chi connectivity index (χ1n) is 10.8. The molecule has 0 saturated heterocycles. The van der Waals surface area contributed by atoms with Crippen molar-refractivity contribution >= 4 is 50.8 Å². The summed E-state index contributed by atoms with van der Waals surface area (Å²) in [6.45, 7) is 0. The highest BCUT2D eigenvalue weighted by molar-refractivity contribution is 7.92. The molecule has 19 heteroatoms. The smallest absolute Gasteiger partial charge is 0.455 e. The highest BCUT2D eigenvalue weighted by Gasteiger charge is 2.51. The number of non-ortho nitro benzene ring substituents is 1. The third-order valence-corrected chi connectivity index (χ3v) is 7.44. The number of aliphatic imine (C=N–C) groups is 1. The number of nitro benzene ring substituents is 1. The molecule has 0 atom stereocenters. The maximum Gasteiger partial charge on any atom is 0.502 e. The van der Waals surface area contributed by atoms with Gasteiger partial charge in [-0.25, -0.2) is 18.1 Å². The van der Waals surface area contributed by atoms with Crippen LogP contribution in [0.15, 0.2) is 62.8 Å². The number of nitro groups is 1. The first-order chi connectivity index (χ1) is 19.5. The van der Waals surface area contributed by atoms with E-state index in [4.69, 9.17) is 27.6 Å². The van der Waals surface area contributed by atoms with Crippen LogP contribution in [0.5, 0.6) is 0 Å². The van der Waals surface area contributed by atoms with Gasteiger partial charge >= 0.3 is 11.7 Å². The van der Waals surface area contributed by atoms with E-state index < -0.39 is 64.1 Å². The Kier molecular flexibility index (Phi) is 7.84. The standard InChI is InChI=1S/C23H9Cl2F6N5O5S/c24-15-7-12(22(26,27)28)8-16(25)19(15)35-21(20(17(9-32)34-35)42(39,40)23(29,30)31)33-10-14-4-5-18(41-14)11-2-1-3-13(6-11)36(37)38/h1-8,10H. The van der Waals surface area contributed by atoms with E-state index in [0.29, 0.717) is 12.1 Å². The number of halogens is 8. The molecule has 218 valence electrons. The van der Waals surface area contributed by atoms with E-state index >= 15 is 0 Å². The van der Waals surface area contributed by atoms with Crippen LogP contribution < -0.4 is 0 Å². The van der Waals surface area contributed by atoms with Gasteiger partial charge in [0, 0.05) is 17.7 Å². The number of alkyl halides is 6. The monoisotopic (exact) mass is 651 g/mol. The molecular weight excluding hydrogens is 643 g/mol. The zero-order valence-electron chi connectivity index (χ0n) is 19.9. The van der Waals surface area contributed by atoms with Crippen molar-refractivity contribution in [2.75, 3.05) is 0 Å². The van der Waals surface area contributed by atoms with E-state index in [-0.39, 0.29) is 27.5 Å². The summed E-state index contributed by atoms with van der Waals surface area (Å²) in [5, 5.41) is 22.3. The van der Waals surface area contributed by atoms with Crippen LogP contribution in [0.2, 0.25) is 10.0 Å². The zero-order chi connectivity index (χ0) is 31.2. The molecule has 4 rings (SSSR count). The van der Waals surface area contributed by atoms with Gasteiger partial charge in [-0.15, -0.1) is 0 Å². The molecule has 0 unspecified atom stereocenters. The van der Waals surface area contributed by atoms with Gasteiger partial charge in [-0.3, -0.25) is 10.1 Å². The molecule has 2 aromatic heterocycles. The van der Waals surface area contributed by atoms with Crippen molar-refractivity contribution in [1.82, 2.24) is 9.78 Å². The van der Waals surface area contributed by atoms with Crippen molar-refractivity contribution in [3.05, 3.63) is 85.7 Å². The molecule has 0 fully saturated rings. The molecule has 42 heavy (non-hydrogen) atoms. The molecule has 0 spiro atoms. The Bertz CT molecular complexity index is 1890. The van der Waals surface area contributed by atoms with Crippen molar-refractivity contribution in [3.8, 4) is 23.1 Å². The fraction of sp³-hybridized carbons (Fsp3) is 0.0870. The van der Waals surface area contributed by atoms with Gasteiger partial charge in [-0.1, -0.05) is 35.3 Å². The van der Waals surface area contributed by atoms with Crippen LogP contribution in [-0.4, -0.2) is 34.8 Å². The average Bonchev–Trinajstić information content (AvgIpc) is 3.51. The summed E-state index contributed by atoms with van der Waals surface area (Å²) < 4.78 is 111. The quantitative estimate of drug-likeness (QED) is 0.0921. The van der Waals surface area contributed by atoms with E-state index in [1.807, 2.05) is 0 Å². The van der Waals surface area contributed by atoms with E-state index in [2.05, 4.69) is 10.1 Å². The minimum Gasteiger partial charge on any atom is -0.455 e. The van der Waals surface area contributed by atoms with Gasteiger partial charge in [0.25, 0.3) is 15.5 Å². The van der Waals surface area contributed by atoms with Crippen molar-refractivity contribution < 1.29 is 44.1 Å². The highest BCUT2D eigenvalue weighted by atomic mass is 35.5. The summed E-state index contributed by atoms with van der Waals surface area (Å²) in [6, 6.07) is 9.63. The summed E-state index contributed by atoms with van der Waals surface area (Å²) >= 11 is 11.9. The Morgan fingerprint density at radius 1 is 1.07 bits per heavy atom. The lowest BCUT2D eigenvalue weighted by molar-refractivity contribution is -0.384. The largest absolute Gasteiger partial charge is 0.502 e. The van der Waals surface area contributed by atoms with Crippen LogP contribution >= 0.6 is 23.2 Å². The summed E-state index contributed by atoms with van der Waals surface area (Å²) in [5.74, 6) is -1.37. The molecule has 0 N–H and O–H groups in total.